The molecule has 47 heavy (non-hydrogen) atoms. The number of carbonyl (C=O) groups excluding carboxylic acids is 1. The molecular formula is C33H45N9O4S. The van der Waals surface area contributed by atoms with Crippen LogP contribution in [0.5, 0.6) is 6.01 Å². The minimum Gasteiger partial charge on any atom is -0.458 e. The number of ether oxygens (including phenoxy) is 2. The zero-order valence-corrected chi connectivity index (χ0v) is 29.0. The van der Waals surface area contributed by atoms with E-state index in [0.29, 0.717) is 60.0 Å². The van der Waals surface area contributed by atoms with Gasteiger partial charge in [0.25, 0.3) is 0 Å². The number of aromatic nitrogens is 4. The van der Waals surface area contributed by atoms with Crippen LogP contribution in [-0.4, -0.2) is 93.5 Å². The van der Waals surface area contributed by atoms with Crippen molar-refractivity contribution in [1.29, 1.82) is 5.26 Å². The Kier molecular flexibility index (Phi) is 9.06. The summed E-state index contributed by atoms with van der Waals surface area (Å²) in [6, 6.07) is 4.69. The maximum Gasteiger partial charge on any atom is 0.410 e. The SMILES string of the molecule is CC[C@H](Oc1nc(-c2noc([C@@]3(C)CCCc4sc(N)c(C#N)c43)n2)cc(N2CCN(C(=O)OC(C)(C)C)CC2)n1)[C@@H]1CCCN1C. The highest BCUT2D eigenvalue weighted by atomic mass is 32.1. The van der Waals surface area contributed by atoms with Gasteiger partial charge >= 0.3 is 12.1 Å². The second kappa shape index (κ2) is 12.9. The standard InChI is InChI=1S/C33H45N9O4S/c1-7-23(22-10-9-13-40(22)6)44-30-36-21(18-25(37-30)41-14-16-42(17-15-41)31(43)45-32(2,3)4)28-38-29(46-39-28)33(5)12-8-11-24-26(33)20(19-34)27(35)47-24/h18,22-23H,7-17,35H2,1-6H3/t22-,23-,33-/m0/s1. The number of hydrogen-bond donors (Lipinski definition) is 1. The average molecular weight is 664 g/mol. The van der Waals surface area contributed by atoms with Crippen molar-refractivity contribution >= 4 is 28.2 Å². The number of nitrogens with zero attached hydrogens (tertiary/aromatic N) is 8. The molecule has 0 unspecified atom stereocenters. The molecule has 2 aliphatic heterocycles. The molecule has 0 radical (unpaired) electrons. The minimum atomic E-state index is -0.647. The molecule has 3 aliphatic rings. The fourth-order valence-corrected chi connectivity index (χ4v) is 8.21. The third-order valence-corrected chi connectivity index (χ3v) is 10.6. The van der Waals surface area contributed by atoms with E-state index in [1.165, 1.54) is 11.3 Å². The first-order valence-corrected chi connectivity index (χ1v) is 17.4. The lowest BCUT2D eigenvalue weighted by atomic mass is 9.72. The zero-order chi connectivity index (χ0) is 33.5. The number of likely N-dealkylation sites (N-methyl/N-ethyl adjacent to an activating group) is 1. The zero-order valence-electron chi connectivity index (χ0n) is 28.2. The third-order valence-electron chi connectivity index (χ3n) is 9.49. The second-order valence-corrected chi connectivity index (χ2v) is 15.1. The van der Waals surface area contributed by atoms with Crippen LogP contribution in [0.4, 0.5) is 15.6 Å². The van der Waals surface area contributed by atoms with Crippen LogP contribution in [0.15, 0.2) is 10.6 Å². The van der Waals surface area contributed by atoms with Crippen molar-refractivity contribution in [2.45, 2.75) is 96.3 Å². The highest BCUT2D eigenvalue weighted by molar-refractivity contribution is 7.16. The monoisotopic (exact) mass is 663 g/mol. The molecule has 252 valence electrons. The Hall–Kier alpha value is -3.96. The average Bonchev–Trinajstić information content (AvgIpc) is 3.78. The number of nitriles is 1. The number of anilines is 2. The predicted octanol–water partition coefficient (Wildman–Crippen LogP) is 4.99. The number of aryl methyl sites for hydroxylation is 1. The van der Waals surface area contributed by atoms with Crippen LogP contribution in [0, 0.1) is 11.3 Å². The van der Waals surface area contributed by atoms with E-state index in [0.717, 1.165) is 55.5 Å². The number of carbonyl (C=O) groups is 1. The first kappa shape index (κ1) is 33.0. The third kappa shape index (κ3) is 6.60. The van der Waals surface area contributed by atoms with Crippen LogP contribution in [0.1, 0.15) is 88.6 Å². The fraction of sp³-hybridized carbons (Fsp3) is 0.636. The van der Waals surface area contributed by atoms with Crippen molar-refractivity contribution in [2.75, 3.05) is 50.4 Å². The molecule has 2 saturated heterocycles. The van der Waals surface area contributed by atoms with Gasteiger partial charge in [-0.3, -0.25) is 4.90 Å². The van der Waals surface area contributed by atoms with Crippen LogP contribution in [-0.2, 0) is 16.6 Å². The molecule has 0 aromatic carbocycles. The number of fused-ring (bicyclic) bond motifs is 1. The lowest BCUT2D eigenvalue weighted by molar-refractivity contribution is 0.0240. The lowest BCUT2D eigenvalue weighted by Crippen LogP contribution is -2.50. The van der Waals surface area contributed by atoms with E-state index in [4.69, 9.17) is 34.7 Å². The highest BCUT2D eigenvalue weighted by Gasteiger charge is 2.43. The molecule has 13 nitrogen and oxygen atoms in total. The highest BCUT2D eigenvalue weighted by Crippen LogP contribution is 2.48. The van der Waals surface area contributed by atoms with E-state index in [-0.39, 0.29) is 24.2 Å². The van der Waals surface area contributed by atoms with Gasteiger partial charge in [0.1, 0.15) is 34.3 Å². The Morgan fingerprint density at radius 2 is 1.98 bits per heavy atom. The molecule has 1 amide bonds. The summed E-state index contributed by atoms with van der Waals surface area (Å²) in [5.41, 5.74) is 6.92. The first-order valence-electron chi connectivity index (χ1n) is 16.5. The van der Waals surface area contributed by atoms with Gasteiger partial charge in [0.2, 0.25) is 11.7 Å². The molecule has 14 heteroatoms. The number of nitrogens with two attached hydrogens (primary N) is 1. The molecular weight excluding hydrogens is 618 g/mol. The molecule has 3 aromatic rings. The Morgan fingerprint density at radius 3 is 2.64 bits per heavy atom. The van der Waals surface area contributed by atoms with Gasteiger partial charge < -0.3 is 29.5 Å². The number of hydrogen-bond acceptors (Lipinski definition) is 13. The summed E-state index contributed by atoms with van der Waals surface area (Å²) in [5.74, 6) is 1.41. The van der Waals surface area contributed by atoms with Crippen molar-refractivity contribution in [3.8, 4) is 23.6 Å². The summed E-state index contributed by atoms with van der Waals surface area (Å²) in [5, 5.41) is 14.9. The summed E-state index contributed by atoms with van der Waals surface area (Å²) < 4.78 is 18.1. The number of rotatable bonds is 7. The Bertz CT molecular complexity index is 1650. The van der Waals surface area contributed by atoms with Gasteiger partial charge in [-0.15, -0.1) is 11.3 Å². The Balaban J connectivity index is 1.32. The van der Waals surface area contributed by atoms with Crippen molar-refractivity contribution in [2.24, 2.45) is 0 Å². The summed E-state index contributed by atoms with van der Waals surface area (Å²) in [7, 11) is 2.13. The van der Waals surface area contributed by atoms with Crippen LogP contribution >= 0.6 is 11.3 Å². The number of nitrogen functional groups attached to an aromatic ring is 1. The second-order valence-electron chi connectivity index (χ2n) is 14.0. The summed E-state index contributed by atoms with van der Waals surface area (Å²) >= 11 is 1.47. The van der Waals surface area contributed by atoms with Crippen LogP contribution < -0.4 is 15.4 Å². The van der Waals surface area contributed by atoms with Crippen molar-refractivity contribution in [3.05, 3.63) is 28.0 Å². The molecule has 0 spiro atoms. The van der Waals surface area contributed by atoms with Gasteiger partial charge in [-0.2, -0.15) is 20.2 Å². The predicted molar refractivity (Wildman–Crippen MR) is 179 cm³/mol. The number of piperazine rings is 1. The van der Waals surface area contributed by atoms with Crippen molar-refractivity contribution in [3.63, 3.8) is 0 Å². The van der Waals surface area contributed by atoms with E-state index in [9.17, 15) is 10.1 Å². The van der Waals surface area contributed by atoms with E-state index in [2.05, 4.69) is 35.0 Å². The van der Waals surface area contributed by atoms with E-state index >= 15 is 0 Å². The first-order chi connectivity index (χ1) is 22.4. The minimum absolute atomic E-state index is 0.0801. The maximum absolute atomic E-state index is 12.7. The number of amides is 1. The quantitative estimate of drug-likeness (QED) is 0.361. The lowest BCUT2D eigenvalue weighted by Gasteiger charge is -2.36. The largest absolute Gasteiger partial charge is 0.458 e. The smallest absolute Gasteiger partial charge is 0.410 e. The van der Waals surface area contributed by atoms with Crippen molar-refractivity contribution in [1.82, 2.24) is 29.9 Å². The van der Waals surface area contributed by atoms with E-state index in [1.807, 2.05) is 33.8 Å². The summed E-state index contributed by atoms with van der Waals surface area (Å²) in [6.07, 6.45) is 5.14. The van der Waals surface area contributed by atoms with Gasteiger partial charge in [-0.1, -0.05) is 12.1 Å². The molecule has 1 aliphatic carbocycles. The van der Waals surface area contributed by atoms with Crippen LogP contribution in [0.2, 0.25) is 0 Å². The Morgan fingerprint density at radius 1 is 1.21 bits per heavy atom. The van der Waals surface area contributed by atoms with Gasteiger partial charge in [0, 0.05) is 48.7 Å². The molecule has 5 heterocycles. The Labute approximate surface area is 280 Å². The summed E-state index contributed by atoms with van der Waals surface area (Å²) in [6.45, 7) is 12.9. The van der Waals surface area contributed by atoms with E-state index in [1.54, 1.807) is 4.90 Å². The maximum atomic E-state index is 12.7. The van der Waals surface area contributed by atoms with Gasteiger partial charge in [-0.25, -0.2) is 4.79 Å². The molecule has 2 N–H and O–H groups in total. The van der Waals surface area contributed by atoms with Crippen molar-refractivity contribution < 1.29 is 18.8 Å². The molecule has 2 fully saturated rings. The van der Waals surface area contributed by atoms with Gasteiger partial charge in [-0.05, 0) is 79.8 Å². The van der Waals surface area contributed by atoms with Crippen LogP contribution in [0.25, 0.3) is 11.5 Å². The van der Waals surface area contributed by atoms with Crippen LogP contribution in [0.3, 0.4) is 0 Å². The number of likely N-dealkylation sites (tertiary alicyclic amines) is 1. The molecule has 3 atom stereocenters. The van der Waals surface area contributed by atoms with Gasteiger partial charge in [0.15, 0.2) is 0 Å². The molecule has 3 aromatic heterocycles. The normalized spacial score (nSPS) is 22.5. The number of thiophene rings is 1. The molecule has 0 bridgehead atoms. The molecule has 6 rings (SSSR count). The topological polar surface area (TPSA) is 160 Å². The fourth-order valence-electron chi connectivity index (χ4n) is 7.02. The molecule has 0 saturated carbocycles. The summed E-state index contributed by atoms with van der Waals surface area (Å²) in [4.78, 5) is 34.6. The van der Waals surface area contributed by atoms with Gasteiger partial charge in [0.05, 0.1) is 11.0 Å². The van der Waals surface area contributed by atoms with E-state index < -0.39 is 11.0 Å².